The van der Waals surface area contributed by atoms with Crippen LogP contribution in [0.15, 0.2) is 34.1 Å². The Morgan fingerprint density at radius 3 is 1.88 bits per heavy atom. The first-order valence-corrected chi connectivity index (χ1v) is 13.6. The molecule has 0 bridgehead atoms. The maximum absolute atomic E-state index is 13.3. The molecule has 0 radical (unpaired) electrons. The van der Waals surface area contributed by atoms with Gasteiger partial charge in [-0.25, -0.2) is 18.0 Å². The third-order valence-corrected chi connectivity index (χ3v) is 6.58. The molecule has 0 N–H and O–H groups in total. The summed E-state index contributed by atoms with van der Waals surface area (Å²) in [6.45, 7) is 8.25. The number of hydrogen-bond acceptors (Lipinski definition) is 11. The molecule has 0 saturated heterocycles. The molecule has 194 valence electrons. The summed E-state index contributed by atoms with van der Waals surface area (Å²) in [7, 11) is -9.10. The molecule has 0 saturated carbocycles. The number of benzene rings is 1. The Kier molecular flexibility index (Phi) is 10.7. The monoisotopic (exact) mass is 525 g/mol. The zero-order valence-corrected chi connectivity index (χ0v) is 21.6. The highest BCUT2D eigenvalue weighted by molar-refractivity contribution is 7.93. The molecule has 0 aliphatic rings. The Hall–Kier alpha value is -2.42. The molecule has 1 aromatic rings. The Morgan fingerprint density at radius 2 is 1.44 bits per heavy atom. The molecule has 12 nitrogen and oxygen atoms in total. The van der Waals surface area contributed by atoms with Crippen LogP contribution in [0.3, 0.4) is 0 Å². The van der Waals surface area contributed by atoms with Crippen molar-refractivity contribution in [1.82, 2.24) is 4.47 Å². The van der Waals surface area contributed by atoms with Crippen molar-refractivity contribution in [2.45, 2.75) is 56.1 Å². The predicted molar refractivity (Wildman–Crippen MR) is 119 cm³/mol. The van der Waals surface area contributed by atoms with Crippen molar-refractivity contribution in [1.29, 1.82) is 0 Å². The van der Waals surface area contributed by atoms with Crippen LogP contribution in [0.2, 0.25) is 0 Å². The second kappa shape index (κ2) is 12.3. The van der Waals surface area contributed by atoms with E-state index in [9.17, 15) is 26.4 Å². The predicted octanol–water partition coefficient (Wildman–Crippen LogP) is 2.53. The fourth-order valence-electron chi connectivity index (χ4n) is 2.38. The first kappa shape index (κ1) is 29.6. The highest BCUT2D eigenvalue weighted by Crippen LogP contribution is 2.26. The summed E-state index contributed by atoms with van der Waals surface area (Å²) in [6, 6.07) is 4.53. The van der Waals surface area contributed by atoms with Gasteiger partial charge in [-0.3, -0.25) is 4.84 Å². The number of rotatable bonds is 10. The Balaban J connectivity index is 3.37. The highest BCUT2D eigenvalue weighted by Gasteiger charge is 2.40. The van der Waals surface area contributed by atoms with Gasteiger partial charge in [0, 0.05) is 19.5 Å². The molecule has 34 heavy (non-hydrogen) atoms. The van der Waals surface area contributed by atoms with E-state index >= 15 is 0 Å². The van der Waals surface area contributed by atoms with E-state index in [0.29, 0.717) is 13.2 Å². The second-order valence-corrected chi connectivity index (χ2v) is 11.5. The summed E-state index contributed by atoms with van der Waals surface area (Å²) in [5.74, 6) is 0. The number of hydroxylamine groups is 1. The molecular formula is C20H31NO11S2. The van der Waals surface area contributed by atoms with Crippen molar-refractivity contribution in [3.05, 3.63) is 24.3 Å². The summed E-state index contributed by atoms with van der Waals surface area (Å²) in [5, 5.41) is 0. The topological polar surface area (TPSA) is 152 Å². The highest BCUT2D eigenvalue weighted by atomic mass is 32.2. The van der Waals surface area contributed by atoms with Crippen LogP contribution in [0.25, 0.3) is 0 Å². The van der Waals surface area contributed by atoms with Gasteiger partial charge in [-0.2, -0.15) is 8.42 Å². The van der Waals surface area contributed by atoms with E-state index < -0.39 is 53.6 Å². The SMILES string of the molecule is CCOCC(COCC)OC(=O)ON(C(=O)OC(C)(C)C)S(=O)(=O)c1ccccc1S(C)(=O)=O. The van der Waals surface area contributed by atoms with E-state index in [-0.39, 0.29) is 17.7 Å². The summed E-state index contributed by atoms with van der Waals surface area (Å²) in [4.78, 5) is 28.5. The quantitative estimate of drug-likeness (QED) is 0.327. The lowest BCUT2D eigenvalue weighted by atomic mass is 10.2. The second-order valence-electron chi connectivity index (χ2n) is 7.83. The van der Waals surface area contributed by atoms with Crippen LogP contribution >= 0.6 is 0 Å². The molecule has 0 aliphatic heterocycles. The summed E-state index contributed by atoms with van der Waals surface area (Å²) in [6.07, 6.45) is -3.34. The molecule has 14 heteroatoms. The number of hydrogen-bond donors (Lipinski definition) is 0. The molecule has 0 fully saturated rings. The van der Waals surface area contributed by atoms with Gasteiger partial charge in [0.2, 0.25) is 0 Å². The van der Waals surface area contributed by atoms with E-state index in [1.807, 2.05) is 0 Å². The molecule has 0 spiro atoms. The largest absolute Gasteiger partial charge is 0.535 e. The third-order valence-electron chi connectivity index (χ3n) is 3.72. The average Bonchev–Trinajstić information content (AvgIpc) is 2.71. The number of nitrogens with zero attached hydrogens (tertiary/aromatic N) is 1. The molecule has 0 aliphatic carbocycles. The van der Waals surface area contributed by atoms with E-state index in [4.69, 9.17) is 23.8 Å². The lowest BCUT2D eigenvalue weighted by molar-refractivity contribution is -0.0995. The lowest BCUT2D eigenvalue weighted by Crippen LogP contribution is -2.43. The molecule has 1 aromatic carbocycles. The third kappa shape index (κ3) is 9.08. The Labute approximate surface area is 200 Å². The van der Waals surface area contributed by atoms with Crippen LogP contribution in [-0.2, 0) is 43.6 Å². The van der Waals surface area contributed by atoms with Crippen molar-refractivity contribution >= 4 is 32.1 Å². The minimum atomic E-state index is -5.06. The van der Waals surface area contributed by atoms with E-state index in [0.717, 1.165) is 18.4 Å². The fourth-order valence-corrected chi connectivity index (χ4v) is 5.06. The standard InChI is InChI=1S/C20H31NO11S2/c1-7-28-13-15(14-29-8-2)30-19(23)32-21(18(22)31-20(3,4)5)34(26,27)17-12-10-9-11-16(17)33(6,24)25/h9-12,15H,7-8,13-14H2,1-6H3. The summed E-state index contributed by atoms with van der Waals surface area (Å²) in [5.41, 5.74) is -1.18. The smallest absolute Gasteiger partial charge is 0.441 e. The van der Waals surface area contributed by atoms with Crippen molar-refractivity contribution in [3.63, 3.8) is 0 Å². The van der Waals surface area contributed by atoms with Crippen LogP contribution in [0.1, 0.15) is 34.6 Å². The average molecular weight is 526 g/mol. The van der Waals surface area contributed by atoms with Gasteiger partial charge in [0.25, 0.3) is 0 Å². The number of ether oxygens (including phenoxy) is 4. The molecule has 0 aromatic heterocycles. The van der Waals surface area contributed by atoms with Crippen LogP contribution < -0.4 is 0 Å². The van der Waals surface area contributed by atoms with Gasteiger partial charge in [0.05, 0.1) is 18.1 Å². The summed E-state index contributed by atoms with van der Waals surface area (Å²) >= 11 is 0. The van der Waals surface area contributed by atoms with Crippen LogP contribution in [0.5, 0.6) is 0 Å². The fraction of sp³-hybridized carbons (Fsp3) is 0.600. The number of sulfone groups is 1. The minimum absolute atomic E-state index is 0.0816. The van der Waals surface area contributed by atoms with Crippen LogP contribution in [-0.4, -0.2) is 77.9 Å². The van der Waals surface area contributed by atoms with Crippen molar-refractivity contribution in [2.75, 3.05) is 32.7 Å². The van der Waals surface area contributed by atoms with E-state index in [2.05, 4.69) is 0 Å². The number of amides is 1. The minimum Gasteiger partial charge on any atom is -0.441 e. The number of carbonyl (C=O) groups is 2. The van der Waals surface area contributed by atoms with Gasteiger partial charge in [-0.05, 0) is 51.2 Å². The zero-order chi connectivity index (χ0) is 26.2. The zero-order valence-electron chi connectivity index (χ0n) is 20.0. The van der Waals surface area contributed by atoms with Gasteiger partial charge in [-0.15, -0.1) is 0 Å². The van der Waals surface area contributed by atoms with E-state index in [1.54, 1.807) is 13.8 Å². The van der Waals surface area contributed by atoms with Crippen LogP contribution in [0, 0.1) is 0 Å². The first-order chi connectivity index (χ1) is 15.6. The maximum atomic E-state index is 13.3. The molecule has 1 rings (SSSR count). The van der Waals surface area contributed by atoms with Crippen molar-refractivity contribution in [3.8, 4) is 0 Å². The van der Waals surface area contributed by atoms with Crippen molar-refractivity contribution < 1.29 is 50.2 Å². The molecule has 1 amide bonds. The maximum Gasteiger partial charge on any atom is 0.535 e. The molecule has 0 heterocycles. The number of sulfonamides is 1. The molecule has 0 atom stereocenters. The van der Waals surface area contributed by atoms with E-state index in [1.165, 1.54) is 32.9 Å². The lowest BCUT2D eigenvalue weighted by Gasteiger charge is -2.26. The normalized spacial score (nSPS) is 12.3. The van der Waals surface area contributed by atoms with Crippen LogP contribution in [0.4, 0.5) is 9.59 Å². The Morgan fingerprint density at radius 1 is 0.941 bits per heavy atom. The molecular weight excluding hydrogens is 494 g/mol. The van der Waals surface area contributed by atoms with Gasteiger partial charge in [-0.1, -0.05) is 12.1 Å². The van der Waals surface area contributed by atoms with Gasteiger partial charge >= 0.3 is 22.3 Å². The summed E-state index contributed by atoms with van der Waals surface area (Å²) < 4.78 is 71.0. The van der Waals surface area contributed by atoms with Crippen molar-refractivity contribution in [2.24, 2.45) is 0 Å². The number of carbonyl (C=O) groups excluding carboxylic acids is 2. The van der Waals surface area contributed by atoms with Gasteiger partial charge in [0.1, 0.15) is 10.5 Å². The van der Waals surface area contributed by atoms with Gasteiger partial charge < -0.3 is 18.9 Å². The first-order valence-electron chi connectivity index (χ1n) is 10.2. The van der Waals surface area contributed by atoms with Gasteiger partial charge in [0.15, 0.2) is 15.9 Å². The molecule has 0 unspecified atom stereocenters. The Bertz CT molecular complexity index is 1040.